The highest BCUT2D eigenvalue weighted by atomic mass is 35.5. The third kappa shape index (κ3) is 2.56. The lowest BCUT2D eigenvalue weighted by molar-refractivity contribution is 1.12. The maximum atomic E-state index is 8.61. The fourth-order valence-electron chi connectivity index (χ4n) is 1.63. The molecule has 0 saturated carbocycles. The van der Waals surface area contributed by atoms with Crippen LogP contribution in [0, 0.1) is 11.3 Å². The van der Waals surface area contributed by atoms with Gasteiger partial charge in [-0.25, -0.2) is 4.98 Å². The number of hydrogen-bond acceptors (Lipinski definition) is 3. The van der Waals surface area contributed by atoms with E-state index in [0.29, 0.717) is 27.1 Å². The highest BCUT2D eigenvalue weighted by Crippen LogP contribution is 2.33. The second kappa shape index (κ2) is 5.26. The molecule has 0 radical (unpaired) electrons. The number of nitriles is 1. The quantitative estimate of drug-likeness (QED) is 0.910. The zero-order chi connectivity index (χ0) is 13.1. The van der Waals surface area contributed by atoms with Gasteiger partial charge in [-0.3, -0.25) is 0 Å². The fourth-order valence-corrected chi connectivity index (χ4v) is 2.02. The van der Waals surface area contributed by atoms with E-state index in [4.69, 9.17) is 34.2 Å². The van der Waals surface area contributed by atoms with Crippen LogP contribution in [0.2, 0.25) is 10.0 Å². The van der Waals surface area contributed by atoms with Crippen molar-refractivity contribution in [2.24, 2.45) is 0 Å². The third-order valence-electron chi connectivity index (χ3n) is 2.46. The predicted molar refractivity (Wildman–Crippen MR) is 73.4 cm³/mol. The van der Waals surface area contributed by atoms with Crippen LogP contribution in [-0.4, -0.2) is 4.98 Å². The summed E-state index contributed by atoms with van der Waals surface area (Å²) in [6.07, 6.45) is 0.230. The molecule has 2 aromatic rings. The average molecular weight is 278 g/mol. The fraction of sp³-hybridized carbons (Fsp3) is 0.0769. The van der Waals surface area contributed by atoms with Crippen molar-refractivity contribution in [2.45, 2.75) is 6.42 Å². The van der Waals surface area contributed by atoms with Gasteiger partial charge in [0.15, 0.2) is 0 Å². The summed E-state index contributed by atoms with van der Waals surface area (Å²) in [6.45, 7) is 0. The van der Waals surface area contributed by atoms with Crippen LogP contribution in [0.15, 0.2) is 30.3 Å². The molecule has 1 heterocycles. The average Bonchev–Trinajstić information content (AvgIpc) is 2.33. The van der Waals surface area contributed by atoms with Gasteiger partial charge in [-0.15, -0.1) is 0 Å². The van der Waals surface area contributed by atoms with Crippen molar-refractivity contribution in [3.8, 4) is 17.2 Å². The van der Waals surface area contributed by atoms with Crippen molar-refractivity contribution < 1.29 is 0 Å². The van der Waals surface area contributed by atoms with E-state index in [-0.39, 0.29) is 6.42 Å². The van der Waals surface area contributed by atoms with Crippen molar-refractivity contribution in [3.05, 3.63) is 46.1 Å². The van der Waals surface area contributed by atoms with Crippen molar-refractivity contribution >= 4 is 29.0 Å². The van der Waals surface area contributed by atoms with Crippen LogP contribution in [0.5, 0.6) is 0 Å². The maximum absolute atomic E-state index is 8.61. The van der Waals surface area contributed by atoms with Gasteiger partial charge in [0, 0.05) is 21.2 Å². The minimum absolute atomic E-state index is 0.230. The molecule has 3 nitrogen and oxygen atoms in total. The van der Waals surface area contributed by atoms with Gasteiger partial charge in [-0.2, -0.15) is 5.26 Å². The second-order valence-corrected chi connectivity index (χ2v) is 4.54. The molecule has 0 atom stereocenters. The first-order valence-electron chi connectivity index (χ1n) is 5.19. The van der Waals surface area contributed by atoms with Gasteiger partial charge < -0.3 is 5.73 Å². The molecule has 0 aliphatic heterocycles. The molecule has 0 fully saturated rings. The van der Waals surface area contributed by atoms with E-state index in [1.165, 1.54) is 0 Å². The highest BCUT2D eigenvalue weighted by Gasteiger charge is 2.09. The minimum Gasteiger partial charge on any atom is -0.383 e. The van der Waals surface area contributed by atoms with Gasteiger partial charge in [-0.05, 0) is 30.3 Å². The van der Waals surface area contributed by atoms with E-state index in [1.807, 2.05) is 6.07 Å². The molecular formula is C13H9Cl2N3. The summed E-state index contributed by atoms with van der Waals surface area (Å²) in [5.74, 6) is 0.340. The largest absolute Gasteiger partial charge is 0.383 e. The molecule has 1 aromatic heterocycles. The summed E-state index contributed by atoms with van der Waals surface area (Å²) in [4.78, 5) is 4.16. The van der Waals surface area contributed by atoms with Crippen LogP contribution in [0.25, 0.3) is 11.1 Å². The number of hydrogen-bond donors (Lipinski definition) is 1. The zero-order valence-corrected chi connectivity index (χ0v) is 10.8. The monoisotopic (exact) mass is 277 g/mol. The number of nitrogens with zero attached hydrogens (tertiary/aromatic N) is 2. The minimum atomic E-state index is 0.230. The molecule has 0 aliphatic rings. The van der Waals surface area contributed by atoms with Crippen LogP contribution in [-0.2, 0) is 6.42 Å². The Hall–Kier alpha value is -1.76. The molecule has 18 heavy (non-hydrogen) atoms. The van der Waals surface area contributed by atoms with Gasteiger partial charge in [0.05, 0.1) is 18.2 Å². The van der Waals surface area contributed by atoms with Gasteiger partial charge in [-0.1, -0.05) is 23.2 Å². The lowest BCUT2D eigenvalue weighted by Gasteiger charge is -2.08. The Kier molecular flexibility index (Phi) is 3.71. The molecule has 2 N–H and O–H groups in total. The van der Waals surface area contributed by atoms with E-state index in [9.17, 15) is 0 Å². The second-order valence-electron chi connectivity index (χ2n) is 3.69. The first kappa shape index (κ1) is 12.7. The summed E-state index contributed by atoms with van der Waals surface area (Å²) >= 11 is 12.0. The molecule has 5 heteroatoms. The van der Waals surface area contributed by atoms with Crippen LogP contribution >= 0.6 is 23.2 Å². The Labute approximate surface area is 115 Å². The summed E-state index contributed by atoms with van der Waals surface area (Å²) in [5.41, 5.74) is 7.96. The van der Waals surface area contributed by atoms with Crippen molar-refractivity contribution in [3.63, 3.8) is 0 Å². The number of rotatable bonds is 2. The molecule has 0 unspecified atom stereocenters. The lowest BCUT2D eigenvalue weighted by atomic mass is 10.1. The van der Waals surface area contributed by atoms with Gasteiger partial charge in [0.25, 0.3) is 0 Å². The lowest BCUT2D eigenvalue weighted by Crippen LogP contribution is -1.98. The van der Waals surface area contributed by atoms with Crippen LogP contribution in [0.3, 0.4) is 0 Å². The molecule has 2 rings (SSSR count). The number of aromatic nitrogens is 1. The summed E-state index contributed by atoms with van der Waals surface area (Å²) in [7, 11) is 0. The van der Waals surface area contributed by atoms with Crippen molar-refractivity contribution in [1.29, 1.82) is 5.26 Å². The number of anilines is 1. The molecular weight excluding hydrogens is 269 g/mol. The SMILES string of the molecule is N#CCc1ccc(-c2cc(Cl)ccc2Cl)c(N)n1. The van der Waals surface area contributed by atoms with Crippen molar-refractivity contribution in [1.82, 2.24) is 4.98 Å². The summed E-state index contributed by atoms with van der Waals surface area (Å²) in [5, 5.41) is 9.74. The molecule has 1 aromatic carbocycles. The number of halogens is 2. The maximum Gasteiger partial charge on any atom is 0.131 e. The molecule has 0 saturated heterocycles. The smallest absolute Gasteiger partial charge is 0.131 e. The zero-order valence-electron chi connectivity index (χ0n) is 9.32. The third-order valence-corrected chi connectivity index (χ3v) is 3.03. The first-order valence-corrected chi connectivity index (χ1v) is 5.95. The van der Waals surface area contributed by atoms with E-state index >= 15 is 0 Å². The molecule has 0 aliphatic carbocycles. The number of nitrogen functional groups attached to an aromatic ring is 1. The molecule has 0 spiro atoms. The molecule has 0 bridgehead atoms. The number of benzene rings is 1. The topological polar surface area (TPSA) is 62.7 Å². The highest BCUT2D eigenvalue weighted by molar-refractivity contribution is 6.35. The Morgan fingerprint density at radius 3 is 2.61 bits per heavy atom. The van der Waals surface area contributed by atoms with Crippen LogP contribution in [0.4, 0.5) is 5.82 Å². The van der Waals surface area contributed by atoms with Gasteiger partial charge >= 0.3 is 0 Å². The molecule has 90 valence electrons. The van der Waals surface area contributed by atoms with E-state index in [2.05, 4.69) is 4.98 Å². The van der Waals surface area contributed by atoms with Gasteiger partial charge in [0.1, 0.15) is 5.82 Å². The Morgan fingerprint density at radius 2 is 1.94 bits per heavy atom. The summed E-state index contributed by atoms with van der Waals surface area (Å²) in [6, 6.07) is 10.7. The Balaban J connectivity index is 2.51. The Morgan fingerprint density at radius 1 is 1.17 bits per heavy atom. The van der Waals surface area contributed by atoms with Crippen LogP contribution in [0.1, 0.15) is 5.69 Å². The van der Waals surface area contributed by atoms with E-state index in [1.54, 1.807) is 30.3 Å². The summed E-state index contributed by atoms with van der Waals surface area (Å²) < 4.78 is 0. The number of pyridine rings is 1. The Bertz CT molecular complexity index is 633. The van der Waals surface area contributed by atoms with Crippen molar-refractivity contribution in [2.75, 3.05) is 5.73 Å². The molecule has 0 amide bonds. The number of nitrogens with two attached hydrogens (primary N) is 1. The standard InChI is InChI=1S/C13H9Cl2N3/c14-8-1-4-12(15)11(7-8)10-3-2-9(5-6-16)18-13(10)17/h1-4,7H,5H2,(H2,17,18). The normalized spacial score (nSPS) is 10.1. The van der Waals surface area contributed by atoms with E-state index < -0.39 is 0 Å². The predicted octanol–water partition coefficient (Wildman–Crippen LogP) is 3.70. The first-order chi connectivity index (χ1) is 8.61. The van der Waals surface area contributed by atoms with E-state index in [0.717, 1.165) is 5.56 Å². The van der Waals surface area contributed by atoms with Gasteiger partial charge in [0.2, 0.25) is 0 Å². The van der Waals surface area contributed by atoms with Crippen LogP contribution < -0.4 is 5.73 Å².